The van der Waals surface area contributed by atoms with Gasteiger partial charge in [0.15, 0.2) is 0 Å². The summed E-state index contributed by atoms with van der Waals surface area (Å²) in [5.74, 6) is -0.446. The Balaban J connectivity index is 1.79. The second kappa shape index (κ2) is 6.28. The third-order valence-electron chi connectivity index (χ3n) is 3.76. The Labute approximate surface area is 127 Å². The van der Waals surface area contributed by atoms with Crippen LogP contribution in [0.2, 0.25) is 0 Å². The van der Waals surface area contributed by atoms with E-state index in [-0.39, 0.29) is 5.46 Å². The van der Waals surface area contributed by atoms with Gasteiger partial charge in [0.05, 0.1) is 0 Å². The molecule has 1 aliphatic carbocycles. The van der Waals surface area contributed by atoms with Crippen LogP contribution in [0.1, 0.15) is 23.3 Å². The average Bonchev–Trinajstić information content (AvgIpc) is 3.18. The molecular formula is C15H17BFNO2S. The maximum atomic E-state index is 13.3. The predicted molar refractivity (Wildman–Crippen MR) is 82.8 cm³/mol. The fourth-order valence-electron chi connectivity index (χ4n) is 2.53. The molecule has 3 nitrogen and oxygen atoms in total. The van der Waals surface area contributed by atoms with Crippen LogP contribution >= 0.6 is 11.3 Å². The molecule has 1 aromatic heterocycles. The molecular weight excluding hydrogens is 288 g/mol. The van der Waals surface area contributed by atoms with Crippen molar-refractivity contribution < 1.29 is 14.4 Å². The van der Waals surface area contributed by atoms with Gasteiger partial charge < -0.3 is 10.0 Å². The number of nitrogens with zero attached hydrogens (tertiary/aromatic N) is 1. The normalized spacial score (nSPS) is 14.7. The fourth-order valence-corrected chi connectivity index (χ4v) is 3.25. The zero-order valence-corrected chi connectivity index (χ0v) is 12.4. The Morgan fingerprint density at radius 3 is 2.67 bits per heavy atom. The van der Waals surface area contributed by atoms with Gasteiger partial charge in [-0.1, -0.05) is 12.1 Å². The first-order valence-corrected chi connectivity index (χ1v) is 7.92. The lowest BCUT2D eigenvalue weighted by atomic mass is 9.77. The van der Waals surface area contributed by atoms with E-state index in [9.17, 15) is 14.4 Å². The van der Waals surface area contributed by atoms with Crippen molar-refractivity contribution in [3.63, 3.8) is 0 Å². The molecule has 0 unspecified atom stereocenters. The monoisotopic (exact) mass is 305 g/mol. The Morgan fingerprint density at radius 2 is 2.05 bits per heavy atom. The second-order valence-electron chi connectivity index (χ2n) is 5.43. The van der Waals surface area contributed by atoms with Crippen molar-refractivity contribution in [3.05, 3.63) is 52.0 Å². The van der Waals surface area contributed by atoms with Crippen molar-refractivity contribution in [2.45, 2.75) is 32.0 Å². The quantitative estimate of drug-likeness (QED) is 0.799. The lowest BCUT2D eigenvalue weighted by Gasteiger charge is -2.23. The summed E-state index contributed by atoms with van der Waals surface area (Å²) >= 11 is 1.72. The lowest BCUT2D eigenvalue weighted by Crippen LogP contribution is -2.36. The van der Waals surface area contributed by atoms with Crippen molar-refractivity contribution in [1.29, 1.82) is 0 Å². The van der Waals surface area contributed by atoms with E-state index < -0.39 is 12.9 Å². The van der Waals surface area contributed by atoms with Crippen LogP contribution in [0.3, 0.4) is 0 Å². The molecule has 2 aromatic rings. The maximum Gasteiger partial charge on any atom is 0.488 e. The van der Waals surface area contributed by atoms with Crippen LogP contribution in [0.15, 0.2) is 35.7 Å². The van der Waals surface area contributed by atoms with Crippen molar-refractivity contribution >= 4 is 23.9 Å². The highest BCUT2D eigenvalue weighted by Crippen LogP contribution is 2.30. The molecule has 0 atom stereocenters. The molecule has 1 fully saturated rings. The van der Waals surface area contributed by atoms with E-state index in [0.717, 1.165) is 12.1 Å². The van der Waals surface area contributed by atoms with Crippen LogP contribution in [0.4, 0.5) is 4.39 Å². The molecule has 0 amide bonds. The SMILES string of the molecule is OB(O)c1cc(F)ccc1CN(Cc1cccs1)C1CC1. The van der Waals surface area contributed by atoms with Crippen LogP contribution in [-0.4, -0.2) is 28.1 Å². The summed E-state index contributed by atoms with van der Waals surface area (Å²) in [6.07, 6.45) is 2.34. The largest absolute Gasteiger partial charge is 0.488 e. The minimum Gasteiger partial charge on any atom is -0.423 e. The predicted octanol–water partition coefficient (Wildman–Crippen LogP) is 1.73. The summed E-state index contributed by atoms with van der Waals surface area (Å²) in [6.45, 7) is 1.45. The summed E-state index contributed by atoms with van der Waals surface area (Å²) in [5.41, 5.74) is 1.03. The number of benzene rings is 1. The summed E-state index contributed by atoms with van der Waals surface area (Å²) in [5, 5.41) is 20.9. The number of rotatable bonds is 6. The third-order valence-corrected chi connectivity index (χ3v) is 4.62. The Morgan fingerprint density at radius 1 is 1.24 bits per heavy atom. The molecule has 21 heavy (non-hydrogen) atoms. The number of thiophene rings is 1. The summed E-state index contributed by atoms with van der Waals surface area (Å²) in [4.78, 5) is 3.61. The number of hydrogen-bond acceptors (Lipinski definition) is 4. The van der Waals surface area contributed by atoms with Crippen molar-refractivity contribution in [1.82, 2.24) is 4.90 Å². The zero-order chi connectivity index (χ0) is 14.8. The molecule has 1 saturated carbocycles. The van der Waals surface area contributed by atoms with Gasteiger partial charge in [-0.25, -0.2) is 4.39 Å². The van der Waals surface area contributed by atoms with Crippen LogP contribution in [0.25, 0.3) is 0 Å². The molecule has 0 bridgehead atoms. The smallest absolute Gasteiger partial charge is 0.423 e. The van der Waals surface area contributed by atoms with E-state index in [1.807, 2.05) is 6.07 Å². The minimum atomic E-state index is -1.64. The van der Waals surface area contributed by atoms with Crippen molar-refractivity contribution in [2.24, 2.45) is 0 Å². The number of hydrogen-bond donors (Lipinski definition) is 2. The molecule has 0 saturated heterocycles. The molecule has 1 aromatic carbocycles. The first-order valence-electron chi connectivity index (χ1n) is 7.04. The van der Waals surface area contributed by atoms with Gasteiger partial charge in [-0.05, 0) is 47.4 Å². The molecule has 0 aliphatic heterocycles. The van der Waals surface area contributed by atoms with Crippen molar-refractivity contribution in [3.8, 4) is 0 Å². The zero-order valence-electron chi connectivity index (χ0n) is 11.6. The van der Waals surface area contributed by atoms with Crippen LogP contribution in [0.5, 0.6) is 0 Å². The van der Waals surface area contributed by atoms with Gasteiger partial charge in [-0.2, -0.15) is 0 Å². The summed E-state index contributed by atoms with van der Waals surface area (Å²) < 4.78 is 13.3. The highest BCUT2D eigenvalue weighted by atomic mass is 32.1. The molecule has 1 heterocycles. The van der Waals surface area contributed by atoms with Gasteiger partial charge in [-0.15, -0.1) is 11.3 Å². The van der Waals surface area contributed by atoms with E-state index in [2.05, 4.69) is 16.3 Å². The fraction of sp³-hybridized carbons (Fsp3) is 0.333. The summed E-state index contributed by atoms with van der Waals surface area (Å²) in [7, 11) is -1.64. The third kappa shape index (κ3) is 3.71. The summed E-state index contributed by atoms with van der Waals surface area (Å²) in [6, 6.07) is 8.90. The highest BCUT2D eigenvalue weighted by molar-refractivity contribution is 7.09. The molecule has 0 radical (unpaired) electrons. The van der Waals surface area contributed by atoms with Crippen LogP contribution in [-0.2, 0) is 13.1 Å². The Bertz CT molecular complexity index is 602. The first kappa shape index (κ1) is 14.7. The van der Waals surface area contributed by atoms with Gasteiger partial charge in [0.1, 0.15) is 5.82 Å². The first-order chi connectivity index (χ1) is 10.1. The van der Waals surface area contributed by atoms with E-state index in [0.29, 0.717) is 12.6 Å². The Hall–Kier alpha value is -1.21. The molecule has 1 aliphatic rings. The molecule has 0 spiro atoms. The van der Waals surface area contributed by atoms with Crippen LogP contribution in [0, 0.1) is 5.82 Å². The van der Waals surface area contributed by atoms with Crippen LogP contribution < -0.4 is 5.46 Å². The topological polar surface area (TPSA) is 43.7 Å². The van der Waals surface area contributed by atoms with Crippen molar-refractivity contribution in [2.75, 3.05) is 0 Å². The van der Waals surface area contributed by atoms with Gasteiger partial charge in [0.25, 0.3) is 0 Å². The molecule has 2 N–H and O–H groups in total. The average molecular weight is 305 g/mol. The maximum absolute atomic E-state index is 13.3. The lowest BCUT2D eigenvalue weighted by molar-refractivity contribution is 0.248. The van der Waals surface area contributed by atoms with Gasteiger partial charge in [0.2, 0.25) is 0 Å². The van der Waals surface area contributed by atoms with Gasteiger partial charge in [-0.3, -0.25) is 4.90 Å². The standard InChI is InChI=1S/C15H17BFNO2S/c17-12-4-3-11(15(8-12)16(19)20)9-18(13-5-6-13)10-14-2-1-7-21-14/h1-4,7-8,13,19-20H,5-6,9-10H2. The second-order valence-corrected chi connectivity index (χ2v) is 6.46. The molecule has 110 valence electrons. The van der Waals surface area contributed by atoms with E-state index in [1.165, 1.54) is 29.9 Å². The molecule has 6 heteroatoms. The molecule has 3 rings (SSSR count). The van der Waals surface area contributed by atoms with E-state index in [4.69, 9.17) is 0 Å². The van der Waals surface area contributed by atoms with E-state index in [1.54, 1.807) is 17.4 Å². The highest BCUT2D eigenvalue weighted by Gasteiger charge is 2.30. The minimum absolute atomic E-state index is 0.256. The Kier molecular flexibility index (Phi) is 4.40. The number of halogens is 1. The van der Waals surface area contributed by atoms with Gasteiger partial charge >= 0.3 is 7.12 Å². The van der Waals surface area contributed by atoms with E-state index >= 15 is 0 Å². The van der Waals surface area contributed by atoms with Gasteiger partial charge in [0, 0.05) is 24.0 Å².